The molecule has 3 saturated heterocycles. The molecule has 0 N–H and O–H groups in total. The molecule has 0 saturated carbocycles. The molecular formula is C45H67F2N5O4S2. The van der Waals surface area contributed by atoms with E-state index in [9.17, 15) is 13.0 Å². The van der Waals surface area contributed by atoms with Crippen LogP contribution in [0.3, 0.4) is 0 Å². The van der Waals surface area contributed by atoms with Gasteiger partial charge in [-0.15, -0.1) is 0 Å². The topological polar surface area (TPSA) is 92.3 Å². The molecule has 1 unspecified atom stereocenters. The minimum absolute atomic E-state index is 0.186. The van der Waals surface area contributed by atoms with Gasteiger partial charge in [0.15, 0.2) is 16.5 Å². The van der Waals surface area contributed by atoms with Crippen molar-refractivity contribution in [1.29, 1.82) is 0 Å². The number of pyridine rings is 1. The van der Waals surface area contributed by atoms with Gasteiger partial charge in [-0.05, 0) is 87.7 Å². The van der Waals surface area contributed by atoms with Crippen LogP contribution in [0.5, 0.6) is 5.75 Å². The van der Waals surface area contributed by atoms with E-state index in [-0.39, 0.29) is 17.3 Å². The lowest BCUT2D eigenvalue weighted by molar-refractivity contribution is 0.0495. The summed E-state index contributed by atoms with van der Waals surface area (Å²) in [5.74, 6) is -3.06. The van der Waals surface area contributed by atoms with E-state index in [1.807, 2.05) is 4.90 Å². The van der Waals surface area contributed by atoms with E-state index in [1.54, 1.807) is 24.5 Å². The number of nitrogens with zero attached hydrogens (tertiary/aromatic N) is 5. The third-order valence-corrected chi connectivity index (χ3v) is 15.5. The Hall–Kier alpha value is -2.55. The third-order valence-electron chi connectivity index (χ3n) is 12.8. The molecule has 3 aromatic rings. The molecule has 1 atom stereocenters. The fourth-order valence-electron chi connectivity index (χ4n) is 9.18. The highest BCUT2D eigenvalue weighted by atomic mass is 32.2. The number of piperazine rings is 1. The quantitative estimate of drug-likeness (QED) is 0.0818. The largest absolute Gasteiger partial charge is 0.612 e. The summed E-state index contributed by atoms with van der Waals surface area (Å²) in [6.07, 6.45) is 21.1. The first-order valence-electron chi connectivity index (χ1n) is 22.1. The maximum Gasteiger partial charge on any atom is 0.213 e. The smallest absolute Gasteiger partial charge is 0.213 e. The second-order valence-electron chi connectivity index (χ2n) is 16.9. The zero-order valence-electron chi connectivity index (χ0n) is 35.2. The first kappa shape index (κ1) is 45.0. The summed E-state index contributed by atoms with van der Waals surface area (Å²) in [7, 11) is -2.40. The Morgan fingerprint density at radius 2 is 1.31 bits per heavy atom. The Morgan fingerprint density at radius 3 is 1.91 bits per heavy atom. The van der Waals surface area contributed by atoms with Crippen molar-refractivity contribution in [2.75, 3.05) is 77.2 Å². The van der Waals surface area contributed by atoms with Gasteiger partial charge in [0.1, 0.15) is 16.0 Å². The molecule has 3 aliphatic heterocycles. The summed E-state index contributed by atoms with van der Waals surface area (Å²) in [4.78, 5) is 13.8. The number of piperidine rings is 2. The summed E-state index contributed by atoms with van der Waals surface area (Å²) in [5, 5.41) is 0.531. The molecule has 3 fully saturated rings. The van der Waals surface area contributed by atoms with Crippen LogP contribution in [0.25, 0.3) is 10.9 Å². The number of ether oxygens (including phenoxy) is 1. The number of rotatable bonds is 20. The predicted molar refractivity (Wildman–Crippen MR) is 231 cm³/mol. The number of aromatic nitrogens is 1. The van der Waals surface area contributed by atoms with E-state index >= 15 is 8.78 Å². The standard InChI is InChI=1S/C45H67F2N5O4S2/c1-4-5-6-7-8-9-10-11-12-13-14-15-32-56-40-18-19-41(44(47)43(40)46)58(54,55)42-34-48-39-17-16-37(57(3)53)33-38(39)45(42)52-26-22-35(23-27-52)50-24-20-36(21-25-50)51-30-28-49(2)29-31-51/h16-19,33-36H,4-15,20-32H2,1-3H3. The second-order valence-corrected chi connectivity index (χ2v) is 20.1. The summed E-state index contributed by atoms with van der Waals surface area (Å²) in [5.41, 5.74) is 0.945. The molecule has 13 heteroatoms. The maximum atomic E-state index is 15.9. The van der Waals surface area contributed by atoms with Crippen molar-refractivity contribution in [3.63, 3.8) is 0 Å². The fraction of sp³-hybridized carbons (Fsp3) is 0.667. The van der Waals surface area contributed by atoms with Crippen LogP contribution in [-0.4, -0.2) is 117 Å². The highest BCUT2D eigenvalue weighted by Gasteiger charge is 2.35. The number of benzene rings is 2. The van der Waals surface area contributed by atoms with Gasteiger partial charge in [0, 0.05) is 69.0 Å². The number of hydrogen-bond donors (Lipinski definition) is 0. The monoisotopic (exact) mass is 843 g/mol. The molecule has 3 aliphatic rings. The second kappa shape index (κ2) is 21.8. The molecule has 322 valence electrons. The Morgan fingerprint density at radius 1 is 0.741 bits per heavy atom. The van der Waals surface area contributed by atoms with Crippen LogP contribution in [0.2, 0.25) is 0 Å². The molecule has 1 aromatic heterocycles. The lowest BCUT2D eigenvalue weighted by atomic mass is 9.96. The highest BCUT2D eigenvalue weighted by molar-refractivity contribution is 7.91. The van der Waals surface area contributed by atoms with Crippen molar-refractivity contribution in [2.45, 2.75) is 136 Å². The van der Waals surface area contributed by atoms with Crippen LogP contribution in [0.15, 0.2) is 51.2 Å². The van der Waals surface area contributed by atoms with Crippen LogP contribution < -0.4 is 9.64 Å². The minimum atomic E-state index is -4.58. The van der Waals surface area contributed by atoms with Gasteiger partial charge < -0.3 is 24.0 Å². The molecule has 58 heavy (non-hydrogen) atoms. The van der Waals surface area contributed by atoms with Gasteiger partial charge in [-0.1, -0.05) is 77.6 Å². The SMILES string of the molecule is CCCCCCCCCCCCCCOc1ccc(S(=O)(=O)c2cnc3ccc([S+](C)[O-])cc3c2N2CCC(N3CCC(N4CCN(C)CC4)CC3)CC2)c(F)c1F. The first-order valence-corrected chi connectivity index (χ1v) is 25.2. The number of halogens is 2. The van der Waals surface area contributed by atoms with Gasteiger partial charge in [0.2, 0.25) is 15.7 Å². The van der Waals surface area contributed by atoms with Crippen LogP contribution in [0.1, 0.15) is 110 Å². The number of likely N-dealkylation sites (N-methyl/N-ethyl adjacent to an activating group) is 1. The number of likely N-dealkylation sites (tertiary alicyclic amines) is 1. The predicted octanol–water partition coefficient (Wildman–Crippen LogP) is 8.84. The van der Waals surface area contributed by atoms with Gasteiger partial charge in [-0.2, -0.15) is 4.39 Å². The molecule has 6 rings (SSSR count). The molecule has 9 nitrogen and oxygen atoms in total. The van der Waals surface area contributed by atoms with E-state index in [4.69, 9.17) is 4.74 Å². The van der Waals surface area contributed by atoms with Gasteiger partial charge in [-0.25, -0.2) is 12.8 Å². The third kappa shape index (κ3) is 11.4. The zero-order chi connectivity index (χ0) is 41.1. The summed E-state index contributed by atoms with van der Waals surface area (Å²) < 4.78 is 78.5. The number of unbranched alkanes of at least 4 members (excludes halogenated alkanes) is 11. The van der Waals surface area contributed by atoms with Gasteiger partial charge in [-0.3, -0.25) is 9.88 Å². The molecule has 2 aromatic carbocycles. The summed E-state index contributed by atoms with van der Waals surface area (Å²) in [6.45, 7) is 10.2. The van der Waals surface area contributed by atoms with Gasteiger partial charge in [0.05, 0.1) is 17.8 Å². The number of sulfone groups is 1. The van der Waals surface area contributed by atoms with Crippen molar-refractivity contribution in [2.24, 2.45) is 0 Å². The maximum absolute atomic E-state index is 15.9. The van der Waals surface area contributed by atoms with E-state index in [1.165, 1.54) is 63.6 Å². The van der Waals surface area contributed by atoms with Gasteiger partial charge >= 0.3 is 0 Å². The highest BCUT2D eigenvalue weighted by Crippen LogP contribution is 2.40. The van der Waals surface area contributed by atoms with Crippen LogP contribution in [0, 0.1) is 11.6 Å². The average molecular weight is 844 g/mol. The molecule has 0 amide bonds. The lowest BCUT2D eigenvalue weighted by Gasteiger charge is -2.46. The first-order chi connectivity index (χ1) is 28.1. The van der Waals surface area contributed by atoms with Crippen molar-refractivity contribution in [3.05, 3.63) is 48.2 Å². The van der Waals surface area contributed by atoms with Crippen LogP contribution in [-0.2, 0) is 21.0 Å². The van der Waals surface area contributed by atoms with Crippen molar-refractivity contribution in [1.82, 2.24) is 19.7 Å². The van der Waals surface area contributed by atoms with Crippen LogP contribution >= 0.6 is 0 Å². The summed E-state index contributed by atoms with van der Waals surface area (Å²) in [6, 6.07) is 8.53. The van der Waals surface area contributed by atoms with Crippen molar-refractivity contribution < 1.29 is 26.5 Å². The number of fused-ring (bicyclic) bond motifs is 1. The average Bonchev–Trinajstić information content (AvgIpc) is 3.23. The molecule has 4 heterocycles. The Bertz CT molecular complexity index is 1860. The Labute approximate surface area is 350 Å². The van der Waals surface area contributed by atoms with E-state index < -0.39 is 37.5 Å². The Balaban J connectivity index is 1.10. The Kier molecular flexibility index (Phi) is 16.9. The van der Waals surface area contributed by atoms with Gasteiger partial charge in [0.25, 0.3) is 0 Å². The summed E-state index contributed by atoms with van der Waals surface area (Å²) >= 11 is -1.33. The van der Waals surface area contributed by atoms with E-state index in [2.05, 4.69) is 33.7 Å². The van der Waals surface area contributed by atoms with Crippen molar-refractivity contribution >= 4 is 37.6 Å². The lowest BCUT2D eigenvalue weighted by Crippen LogP contribution is -2.54. The fourth-order valence-corrected chi connectivity index (χ4v) is 11.2. The molecule has 0 spiro atoms. The molecule has 0 bridgehead atoms. The van der Waals surface area contributed by atoms with E-state index in [0.29, 0.717) is 53.1 Å². The van der Waals surface area contributed by atoms with Crippen LogP contribution in [0.4, 0.5) is 14.5 Å². The molecule has 0 radical (unpaired) electrons. The minimum Gasteiger partial charge on any atom is -0.612 e. The molecular weight excluding hydrogens is 777 g/mol. The molecule has 0 aliphatic carbocycles. The number of hydrogen-bond acceptors (Lipinski definition) is 9. The zero-order valence-corrected chi connectivity index (χ0v) is 36.9. The normalized spacial score (nSPS) is 19.0. The number of anilines is 1. The van der Waals surface area contributed by atoms with E-state index in [0.717, 1.165) is 90.3 Å². The van der Waals surface area contributed by atoms with Crippen molar-refractivity contribution in [3.8, 4) is 5.75 Å².